The van der Waals surface area contributed by atoms with Crippen LogP contribution in [0.4, 0.5) is 0 Å². The number of esters is 2. The van der Waals surface area contributed by atoms with Crippen LogP contribution in [-0.2, 0) is 29.4 Å². The second-order valence-corrected chi connectivity index (χ2v) is 4.86. The minimum Gasteiger partial charge on any atom is -0.466 e. The van der Waals surface area contributed by atoms with Crippen molar-refractivity contribution in [3.05, 3.63) is 35.9 Å². The van der Waals surface area contributed by atoms with Gasteiger partial charge in [-0.05, 0) is 6.26 Å². The van der Waals surface area contributed by atoms with Gasteiger partial charge in [-0.25, -0.2) is 9.59 Å². The molecule has 0 heterocycles. The van der Waals surface area contributed by atoms with Gasteiger partial charge in [0.05, 0.1) is 20.8 Å². The molecule has 0 atom stereocenters. The molecule has 0 fully saturated rings. The van der Waals surface area contributed by atoms with Gasteiger partial charge in [-0.15, -0.1) is 0 Å². The Balaban J connectivity index is 3.26. The highest BCUT2D eigenvalue weighted by Gasteiger charge is 2.51. The van der Waals surface area contributed by atoms with E-state index in [4.69, 9.17) is 14.2 Å². The molecule has 0 amide bonds. The van der Waals surface area contributed by atoms with Gasteiger partial charge in [0.1, 0.15) is 0 Å². The van der Waals surface area contributed by atoms with Crippen LogP contribution in [0.15, 0.2) is 30.3 Å². The molecule has 0 saturated carbocycles. The second kappa shape index (κ2) is 7.91. The van der Waals surface area contributed by atoms with Crippen LogP contribution in [0.2, 0.25) is 0 Å². The highest BCUT2D eigenvalue weighted by molar-refractivity contribution is 7.98. The molecule has 1 rings (SSSR count). The Morgan fingerprint density at radius 2 is 1.65 bits per heavy atom. The molecule has 1 aromatic carbocycles. The molecule has 20 heavy (non-hydrogen) atoms. The molecule has 110 valence electrons. The van der Waals surface area contributed by atoms with Crippen molar-refractivity contribution in [2.75, 3.05) is 32.8 Å². The van der Waals surface area contributed by atoms with Gasteiger partial charge in [-0.2, -0.15) is 11.8 Å². The summed E-state index contributed by atoms with van der Waals surface area (Å²) in [6.07, 6.45) is 1.91. The van der Waals surface area contributed by atoms with Crippen LogP contribution in [0.5, 0.6) is 0 Å². The maximum absolute atomic E-state index is 12.2. The van der Waals surface area contributed by atoms with Crippen molar-refractivity contribution in [1.29, 1.82) is 0 Å². The highest BCUT2D eigenvalue weighted by Crippen LogP contribution is 2.29. The molecule has 5 nitrogen and oxygen atoms in total. The van der Waals surface area contributed by atoms with Crippen LogP contribution in [0.25, 0.3) is 0 Å². The maximum Gasteiger partial charge on any atom is 0.354 e. The van der Waals surface area contributed by atoms with Crippen LogP contribution >= 0.6 is 11.8 Å². The first-order chi connectivity index (χ1) is 9.63. The summed E-state index contributed by atoms with van der Waals surface area (Å²) in [5, 5.41) is 0. The van der Waals surface area contributed by atoms with Crippen molar-refractivity contribution in [2.45, 2.75) is 5.60 Å². The summed E-state index contributed by atoms with van der Waals surface area (Å²) in [5.74, 6) is -0.948. The molecule has 0 unspecified atom stereocenters. The van der Waals surface area contributed by atoms with Crippen molar-refractivity contribution in [1.82, 2.24) is 0 Å². The summed E-state index contributed by atoms with van der Waals surface area (Å²) in [6, 6.07) is 8.48. The fourth-order valence-corrected chi connectivity index (χ4v) is 2.01. The molecule has 0 bridgehead atoms. The van der Waals surface area contributed by atoms with Gasteiger partial charge in [0, 0.05) is 11.3 Å². The lowest BCUT2D eigenvalue weighted by Gasteiger charge is -2.28. The predicted molar refractivity (Wildman–Crippen MR) is 76.5 cm³/mol. The largest absolute Gasteiger partial charge is 0.466 e. The Morgan fingerprint density at radius 1 is 1.10 bits per heavy atom. The monoisotopic (exact) mass is 298 g/mol. The van der Waals surface area contributed by atoms with Gasteiger partial charge < -0.3 is 14.2 Å². The standard InChI is InChI=1S/C14H18O5S/c1-17-12(15)14(13(16)18-2,19-9-10-20-3)11-7-5-4-6-8-11/h4-8H,9-10H2,1-3H3. The van der Waals surface area contributed by atoms with E-state index in [1.54, 1.807) is 42.1 Å². The van der Waals surface area contributed by atoms with Crippen molar-refractivity contribution < 1.29 is 23.8 Å². The second-order valence-electron chi connectivity index (χ2n) is 3.87. The van der Waals surface area contributed by atoms with Gasteiger partial charge in [0.2, 0.25) is 0 Å². The van der Waals surface area contributed by atoms with E-state index in [-0.39, 0.29) is 6.61 Å². The molecule has 0 aliphatic carbocycles. The number of rotatable bonds is 7. The van der Waals surface area contributed by atoms with Gasteiger partial charge in [0.15, 0.2) is 0 Å². The van der Waals surface area contributed by atoms with E-state index >= 15 is 0 Å². The Kier molecular flexibility index (Phi) is 6.54. The highest BCUT2D eigenvalue weighted by atomic mass is 32.2. The Labute approximate surface area is 122 Å². The maximum atomic E-state index is 12.2. The topological polar surface area (TPSA) is 61.8 Å². The molecule has 0 N–H and O–H groups in total. The zero-order chi connectivity index (χ0) is 15.0. The van der Waals surface area contributed by atoms with Crippen LogP contribution in [-0.4, -0.2) is 44.8 Å². The quantitative estimate of drug-likeness (QED) is 0.433. The van der Waals surface area contributed by atoms with Crippen molar-refractivity contribution >= 4 is 23.7 Å². The average Bonchev–Trinajstić information content (AvgIpc) is 2.51. The SMILES string of the molecule is COC(=O)C(OCCSC)(C(=O)OC)c1ccccc1. The normalized spacial score (nSPS) is 10.9. The lowest BCUT2D eigenvalue weighted by Crippen LogP contribution is -2.48. The van der Waals surface area contributed by atoms with Crippen molar-refractivity contribution in [3.8, 4) is 0 Å². The number of thioether (sulfide) groups is 1. The number of carbonyl (C=O) groups is 2. The van der Waals surface area contributed by atoms with Gasteiger partial charge >= 0.3 is 11.9 Å². The van der Waals surface area contributed by atoms with Crippen molar-refractivity contribution in [3.63, 3.8) is 0 Å². The lowest BCUT2D eigenvalue weighted by atomic mass is 9.93. The molecule has 1 aromatic rings. The third-order valence-corrected chi connectivity index (χ3v) is 3.31. The van der Waals surface area contributed by atoms with E-state index in [1.807, 2.05) is 6.26 Å². The number of hydrogen-bond donors (Lipinski definition) is 0. The van der Waals surface area contributed by atoms with E-state index in [0.717, 1.165) is 0 Å². The minimum absolute atomic E-state index is 0.222. The molecule has 6 heteroatoms. The first-order valence-electron chi connectivity index (χ1n) is 5.98. The van der Waals surface area contributed by atoms with Crippen LogP contribution in [0.1, 0.15) is 5.56 Å². The summed E-state index contributed by atoms with van der Waals surface area (Å²) >= 11 is 1.55. The van der Waals surface area contributed by atoms with E-state index < -0.39 is 17.5 Å². The first-order valence-corrected chi connectivity index (χ1v) is 7.38. The average molecular weight is 298 g/mol. The summed E-state index contributed by atoms with van der Waals surface area (Å²) in [7, 11) is 2.42. The van der Waals surface area contributed by atoms with Crippen LogP contribution in [0, 0.1) is 0 Å². The van der Waals surface area contributed by atoms with Gasteiger partial charge in [0.25, 0.3) is 5.60 Å². The molecule has 0 aliphatic rings. The first kappa shape index (κ1) is 16.5. The third kappa shape index (κ3) is 3.32. The smallest absolute Gasteiger partial charge is 0.354 e. The van der Waals surface area contributed by atoms with E-state index in [1.165, 1.54) is 14.2 Å². The molecule has 0 radical (unpaired) electrons. The molecular formula is C14H18O5S. The fraction of sp³-hybridized carbons (Fsp3) is 0.429. The predicted octanol–water partition coefficient (Wildman–Crippen LogP) is 1.61. The molecular weight excluding hydrogens is 280 g/mol. The fourth-order valence-electron chi connectivity index (χ4n) is 1.76. The number of ether oxygens (including phenoxy) is 3. The molecule has 0 aromatic heterocycles. The number of carbonyl (C=O) groups excluding carboxylic acids is 2. The van der Waals surface area contributed by atoms with E-state index in [2.05, 4.69) is 0 Å². The zero-order valence-electron chi connectivity index (χ0n) is 11.8. The summed E-state index contributed by atoms with van der Waals surface area (Å²) < 4.78 is 15.1. The van der Waals surface area contributed by atoms with Gasteiger partial charge in [-0.1, -0.05) is 30.3 Å². The number of methoxy groups -OCH3 is 2. The summed E-state index contributed by atoms with van der Waals surface area (Å²) in [6.45, 7) is 0.222. The van der Waals surface area contributed by atoms with E-state index in [0.29, 0.717) is 11.3 Å². The van der Waals surface area contributed by atoms with Crippen molar-refractivity contribution in [2.24, 2.45) is 0 Å². The molecule has 0 saturated heterocycles. The molecule has 0 spiro atoms. The Morgan fingerprint density at radius 3 is 2.10 bits per heavy atom. The minimum atomic E-state index is -1.87. The number of benzene rings is 1. The van der Waals surface area contributed by atoms with E-state index in [9.17, 15) is 9.59 Å². The Hall–Kier alpha value is -1.53. The Bertz CT molecular complexity index is 430. The van der Waals surface area contributed by atoms with Crippen LogP contribution < -0.4 is 0 Å². The lowest BCUT2D eigenvalue weighted by molar-refractivity contribution is -0.189. The van der Waals surface area contributed by atoms with Gasteiger partial charge in [-0.3, -0.25) is 0 Å². The zero-order valence-corrected chi connectivity index (χ0v) is 12.6. The van der Waals surface area contributed by atoms with Crippen LogP contribution in [0.3, 0.4) is 0 Å². The third-order valence-electron chi connectivity index (χ3n) is 2.73. The summed E-state index contributed by atoms with van der Waals surface area (Å²) in [5.41, 5.74) is -1.49. The molecule has 0 aliphatic heterocycles. The number of hydrogen-bond acceptors (Lipinski definition) is 6. The summed E-state index contributed by atoms with van der Waals surface area (Å²) in [4.78, 5) is 24.3.